The van der Waals surface area contributed by atoms with E-state index in [1.807, 2.05) is 0 Å². The van der Waals surface area contributed by atoms with E-state index in [1.165, 1.54) is 13.2 Å². The highest BCUT2D eigenvalue weighted by Crippen LogP contribution is 2.22. The minimum atomic E-state index is -0.546. The summed E-state index contributed by atoms with van der Waals surface area (Å²) in [5, 5.41) is 13.8. The van der Waals surface area contributed by atoms with Crippen molar-refractivity contribution in [3.63, 3.8) is 0 Å². The lowest BCUT2D eigenvalue weighted by atomic mass is 10.1. The minimum absolute atomic E-state index is 0.0473. The van der Waals surface area contributed by atoms with Crippen LogP contribution in [0, 0.1) is 17.0 Å². The SMILES string of the molecule is COC(=O)c1ccc(CCNC(=O)c2cccc(C)c2[N+](=O)[O-])cc1. The Hall–Kier alpha value is -3.22. The molecular formula is C18H18N2O5. The van der Waals surface area contributed by atoms with Crippen molar-refractivity contribution in [3.05, 3.63) is 74.8 Å². The Labute approximate surface area is 144 Å². The second-order valence-corrected chi connectivity index (χ2v) is 5.42. The molecule has 2 rings (SSSR count). The summed E-state index contributed by atoms with van der Waals surface area (Å²) in [7, 11) is 1.32. The molecule has 7 heteroatoms. The molecule has 0 unspecified atom stereocenters. The standard InChI is InChI=1S/C18H18N2O5/c1-12-4-3-5-15(16(12)20(23)24)17(21)19-11-10-13-6-8-14(9-7-13)18(22)25-2/h3-9H,10-11H2,1-2H3,(H,19,21). The van der Waals surface area contributed by atoms with Gasteiger partial charge in [-0.2, -0.15) is 0 Å². The average molecular weight is 342 g/mol. The summed E-state index contributed by atoms with van der Waals surface area (Å²) in [6.45, 7) is 1.92. The Morgan fingerprint density at radius 3 is 2.44 bits per heavy atom. The van der Waals surface area contributed by atoms with Crippen LogP contribution >= 0.6 is 0 Å². The van der Waals surface area contributed by atoms with E-state index < -0.39 is 16.8 Å². The molecule has 0 saturated heterocycles. The quantitative estimate of drug-likeness (QED) is 0.494. The molecule has 0 aromatic heterocycles. The Bertz CT molecular complexity index is 800. The normalized spacial score (nSPS) is 10.2. The van der Waals surface area contributed by atoms with Gasteiger partial charge in [0.05, 0.1) is 17.6 Å². The predicted octanol–water partition coefficient (Wildman–Crippen LogP) is 2.66. The van der Waals surface area contributed by atoms with Crippen LogP contribution in [0.5, 0.6) is 0 Å². The van der Waals surface area contributed by atoms with Crippen molar-refractivity contribution in [1.29, 1.82) is 0 Å². The molecule has 0 spiro atoms. The van der Waals surface area contributed by atoms with Crippen LogP contribution in [0.3, 0.4) is 0 Å². The van der Waals surface area contributed by atoms with Crippen LogP contribution in [0.4, 0.5) is 5.69 Å². The van der Waals surface area contributed by atoms with E-state index in [-0.39, 0.29) is 11.3 Å². The fraction of sp³-hybridized carbons (Fsp3) is 0.222. The smallest absolute Gasteiger partial charge is 0.337 e. The number of carbonyl (C=O) groups is 2. The molecule has 0 fully saturated rings. The second kappa shape index (κ2) is 8.05. The zero-order chi connectivity index (χ0) is 18.4. The molecule has 25 heavy (non-hydrogen) atoms. The van der Waals surface area contributed by atoms with E-state index in [1.54, 1.807) is 43.3 Å². The Morgan fingerprint density at radius 2 is 1.84 bits per heavy atom. The van der Waals surface area contributed by atoms with Gasteiger partial charge in [0.25, 0.3) is 11.6 Å². The zero-order valence-electron chi connectivity index (χ0n) is 13.9. The maximum absolute atomic E-state index is 12.2. The molecule has 0 aliphatic heterocycles. The summed E-state index contributed by atoms with van der Waals surface area (Å²) < 4.78 is 4.63. The number of nitrogens with one attached hydrogen (secondary N) is 1. The summed E-state index contributed by atoms with van der Waals surface area (Å²) in [6, 6.07) is 11.5. The first kappa shape index (κ1) is 18.1. The van der Waals surface area contributed by atoms with Crippen molar-refractivity contribution in [2.24, 2.45) is 0 Å². The highest BCUT2D eigenvalue weighted by atomic mass is 16.6. The number of nitro benzene ring substituents is 1. The molecule has 1 N–H and O–H groups in total. The highest BCUT2D eigenvalue weighted by Gasteiger charge is 2.21. The van der Waals surface area contributed by atoms with E-state index in [2.05, 4.69) is 10.1 Å². The van der Waals surface area contributed by atoms with Gasteiger partial charge < -0.3 is 10.1 Å². The maximum atomic E-state index is 12.2. The number of amides is 1. The van der Waals surface area contributed by atoms with Crippen molar-refractivity contribution in [3.8, 4) is 0 Å². The third kappa shape index (κ3) is 4.41. The molecule has 0 atom stereocenters. The molecule has 0 aliphatic carbocycles. The molecule has 1 amide bonds. The summed E-state index contributed by atoms with van der Waals surface area (Å²) in [5.74, 6) is -0.895. The molecule has 2 aromatic rings. The Morgan fingerprint density at radius 1 is 1.16 bits per heavy atom. The van der Waals surface area contributed by atoms with E-state index >= 15 is 0 Å². The number of nitrogens with zero attached hydrogens (tertiary/aromatic N) is 1. The number of benzene rings is 2. The molecular weight excluding hydrogens is 324 g/mol. The number of aryl methyl sites for hydroxylation is 1. The third-order valence-corrected chi connectivity index (χ3v) is 3.74. The first-order valence-corrected chi connectivity index (χ1v) is 7.63. The fourth-order valence-corrected chi connectivity index (χ4v) is 2.43. The molecule has 0 radical (unpaired) electrons. The Kier molecular flexibility index (Phi) is 5.84. The van der Waals surface area contributed by atoms with Crippen molar-refractivity contribution in [1.82, 2.24) is 5.32 Å². The number of hydrogen-bond donors (Lipinski definition) is 1. The summed E-state index contributed by atoms with van der Waals surface area (Å²) >= 11 is 0. The third-order valence-electron chi connectivity index (χ3n) is 3.74. The van der Waals surface area contributed by atoms with E-state index in [9.17, 15) is 19.7 Å². The van der Waals surface area contributed by atoms with Gasteiger partial charge in [-0.25, -0.2) is 4.79 Å². The van der Waals surface area contributed by atoms with Crippen LogP contribution in [-0.2, 0) is 11.2 Å². The van der Waals surface area contributed by atoms with Crippen molar-refractivity contribution in [2.75, 3.05) is 13.7 Å². The van der Waals surface area contributed by atoms with Crippen molar-refractivity contribution in [2.45, 2.75) is 13.3 Å². The van der Waals surface area contributed by atoms with Gasteiger partial charge in [0, 0.05) is 12.1 Å². The predicted molar refractivity (Wildman–Crippen MR) is 91.7 cm³/mol. The van der Waals surface area contributed by atoms with Crippen LogP contribution in [0.15, 0.2) is 42.5 Å². The summed E-state index contributed by atoms with van der Waals surface area (Å²) in [4.78, 5) is 34.2. The lowest BCUT2D eigenvalue weighted by Crippen LogP contribution is -2.26. The first-order chi connectivity index (χ1) is 11.9. The zero-order valence-corrected chi connectivity index (χ0v) is 13.9. The van der Waals surface area contributed by atoms with E-state index in [0.29, 0.717) is 24.1 Å². The van der Waals surface area contributed by atoms with Crippen LogP contribution in [0.25, 0.3) is 0 Å². The number of carbonyl (C=O) groups excluding carboxylic acids is 2. The van der Waals surface area contributed by atoms with E-state index in [4.69, 9.17) is 0 Å². The van der Waals surface area contributed by atoms with Crippen LogP contribution in [0.1, 0.15) is 31.8 Å². The largest absolute Gasteiger partial charge is 0.465 e. The van der Waals surface area contributed by atoms with Gasteiger partial charge in [-0.1, -0.05) is 24.3 Å². The van der Waals surface area contributed by atoms with Crippen LogP contribution in [0.2, 0.25) is 0 Å². The fourth-order valence-electron chi connectivity index (χ4n) is 2.43. The average Bonchev–Trinajstić information content (AvgIpc) is 2.61. The second-order valence-electron chi connectivity index (χ2n) is 5.42. The molecule has 0 aliphatic rings. The number of hydrogen-bond acceptors (Lipinski definition) is 5. The first-order valence-electron chi connectivity index (χ1n) is 7.63. The lowest BCUT2D eigenvalue weighted by molar-refractivity contribution is -0.385. The van der Waals surface area contributed by atoms with Crippen molar-refractivity contribution < 1.29 is 19.2 Å². The molecule has 0 heterocycles. The van der Waals surface area contributed by atoms with Gasteiger partial charge in [-0.05, 0) is 37.1 Å². The molecule has 0 saturated carbocycles. The summed E-state index contributed by atoms with van der Waals surface area (Å²) in [6.07, 6.45) is 0.535. The van der Waals surface area contributed by atoms with Crippen LogP contribution < -0.4 is 5.32 Å². The van der Waals surface area contributed by atoms with Crippen molar-refractivity contribution >= 4 is 17.6 Å². The number of rotatable bonds is 6. The number of ether oxygens (including phenoxy) is 1. The monoisotopic (exact) mass is 342 g/mol. The van der Waals surface area contributed by atoms with Gasteiger partial charge in [0.2, 0.25) is 0 Å². The minimum Gasteiger partial charge on any atom is -0.465 e. The van der Waals surface area contributed by atoms with Gasteiger partial charge in [-0.3, -0.25) is 14.9 Å². The summed E-state index contributed by atoms with van der Waals surface area (Å²) in [5.41, 5.74) is 1.68. The van der Waals surface area contributed by atoms with Gasteiger partial charge in [0.15, 0.2) is 0 Å². The number of nitro groups is 1. The maximum Gasteiger partial charge on any atom is 0.337 e. The van der Waals surface area contributed by atoms with E-state index in [0.717, 1.165) is 5.56 Å². The van der Waals surface area contributed by atoms with Gasteiger partial charge in [0.1, 0.15) is 5.56 Å². The molecule has 130 valence electrons. The number of para-hydroxylation sites is 1. The molecule has 2 aromatic carbocycles. The van der Waals surface area contributed by atoms with Crippen LogP contribution in [-0.4, -0.2) is 30.5 Å². The number of esters is 1. The topological polar surface area (TPSA) is 98.5 Å². The van der Waals surface area contributed by atoms with Gasteiger partial charge >= 0.3 is 5.97 Å². The highest BCUT2D eigenvalue weighted by molar-refractivity contribution is 5.98. The number of methoxy groups -OCH3 is 1. The molecule has 7 nitrogen and oxygen atoms in total. The Balaban J connectivity index is 1.98. The lowest BCUT2D eigenvalue weighted by Gasteiger charge is -2.08. The van der Waals surface area contributed by atoms with Gasteiger partial charge in [-0.15, -0.1) is 0 Å². The molecule has 0 bridgehead atoms.